The maximum absolute atomic E-state index is 12.8. The quantitative estimate of drug-likeness (QED) is 0.865. The fourth-order valence-corrected chi connectivity index (χ4v) is 4.13. The number of amides is 2. The standard InChI is InChI=1S/C19H23N5O2/c1-26-15-5-3-14(4-6-15)22-18(25)24-10-2-8-19(12-24)9-7-13-11-21-17(20)23-16(13)19/h3-6,11H,2,7-10,12H2,1H3,(H,22,25)(H2,20,21,23). The second-order valence-corrected chi connectivity index (χ2v) is 7.07. The molecule has 26 heavy (non-hydrogen) atoms. The number of rotatable bonds is 2. The van der Waals surface area contributed by atoms with Gasteiger partial charge in [-0.2, -0.15) is 0 Å². The number of urea groups is 1. The molecule has 136 valence electrons. The highest BCUT2D eigenvalue weighted by Gasteiger charge is 2.44. The summed E-state index contributed by atoms with van der Waals surface area (Å²) in [6, 6.07) is 7.27. The molecular formula is C19H23N5O2. The van der Waals surface area contributed by atoms with Crippen LogP contribution in [0.3, 0.4) is 0 Å². The van der Waals surface area contributed by atoms with Gasteiger partial charge in [-0.3, -0.25) is 0 Å². The number of likely N-dealkylation sites (tertiary alicyclic amines) is 1. The Hall–Kier alpha value is -2.83. The van der Waals surface area contributed by atoms with Gasteiger partial charge in [-0.15, -0.1) is 0 Å². The second kappa shape index (κ2) is 6.48. The van der Waals surface area contributed by atoms with Crippen molar-refractivity contribution in [3.05, 3.63) is 41.7 Å². The molecule has 1 fully saturated rings. The summed E-state index contributed by atoms with van der Waals surface area (Å²) in [5, 5.41) is 2.98. The topological polar surface area (TPSA) is 93.4 Å². The van der Waals surface area contributed by atoms with Crippen molar-refractivity contribution in [1.82, 2.24) is 14.9 Å². The van der Waals surface area contributed by atoms with E-state index in [1.54, 1.807) is 7.11 Å². The minimum atomic E-state index is -0.0953. The summed E-state index contributed by atoms with van der Waals surface area (Å²) in [5.74, 6) is 1.07. The number of nitrogen functional groups attached to an aromatic ring is 1. The van der Waals surface area contributed by atoms with Gasteiger partial charge in [0.25, 0.3) is 0 Å². The van der Waals surface area contributed by atoms with E-state index < -0.39 is 0 Å². The summed E-state index contributed by atoms with van der Waals surface area (Å²) >= 11 is 0. The molecule has 4 rings (SSSR count). The predicted molar refractivity (Wildman–Crippen MR) is 99.3 cm³/mol. The molecule has 1 unspecified atom stereocenters. The SMILES string of the molecule is COc1ccc(NC(=O)N2CCCC3(CCc4cnc(N)nc43)C2)cc1. The van der Waals surface area contributed by atoms with Crippen molar-refractivity contribution in [2.24, 2.45) is 0 Å². The lowest BCUT2D eigenvalue weighted by atomic mass is 9.77. The van der Waals surface area contributed by atoms with Gasteiger partial charge in [0.15, 0.2) is 0 Å². The van der Waals surface area contributed by atoms with Crippen molar-refractivity contribution < 1.29 is 9.53 Å². The third-order valence-corrected chi connectivity index (χ3v) is 5.46. The number of benzene rings is 1. The monoisotopic (exact) mass is 353 g/mol. The number of nitrogens with zero attached hydrogens (tertiary/aromatic N) is 3. The predicted octanol–water partition coefficient (Wildman–Crippen LogP) is 2.58. The first-order valence-corrected chi connectivity index (χ1v) is 8.91. The Balaban J connectivity index is 1.50. The minimum Gasteiger partial charge on any atom is -0.497 e. The van der Waals surface area contributed by atoms with Crippen molar-refractivity contribution >= 4 is 17.7 Å². The largest absolute Gasteiger partial charge is 0.497 e. The lowest BCUT2D eigenvalue weighted by molar-refractivity contribution is 0.157. The Morgan fingerprint density at radius 1 is 1.31 bits per heavy atom. The van der Waals surface area contributed by atoms with Crippen LogP contribution in [0.25, 0.3) is 0 Å². The maximum atomic E-state index is 12.8. The lowest BCUT2D eigenvalue weighted by Crippen LogP contribution is -2.49. The number of hydrogen-bond donors (Lipinski definition) is 2. The van der Waals surface area contributed by atoms with Gasteiger partial charge >= 0.3 is 6.03 Å². The van der Waals surface area contributed by atoms with E-state index in [9.17, 15) is 4.79 Å². The molecule has 1 spiro atoms. The molecule has 0 bridgehead atoms. The van der Waals surface area contributed by atoms with Crippen molar-refractivity contribution in [2.45, 2.75) is 31.1 Å². The first-order valence-electron chi connectivity index (χ1n) is 8.91. The summed E-state index contributed by atoms with van der Waals surface area (Å²) < 4.78 is 5.15. The van der Waals surface area contributed by atoms with Crippen LogP contribution >= 0.6 is 0 Å². The minimum absolute atomic E-state index is 0.0790. The number of fused-ring (bicyclic) bond motifs is 2. The van der Waals surface area contributed by atoms with Crippen LogP contribution in [0.4, 0.5) is 16.4 Å². The molecule has 7 nitrogen and oxygen atoms in total. The number of carbonyl (C=O) groups excluding carboxylic acids is 1. The van der Waals surface area contributed by atoms with Gasteiger partial charge in [0, 0.05) is 30.4 Å². The maximum Gasteiger partial charge on any atom is 0.321 e. The van der Waals surface area contributed by atoms with Gasteiger partial charge in [0.2, 0.25) is 5.95 Å². The fourth-order valence-electron chi connectivity index (χ4n) is 4.13. The number of carbonyl (C=O) groups is 1. The zero-order valence-electron chi connectivity index (χ0n) is 14.9. The van der Waals surface area contributed by atoms with Crippen LogP contribution in [0.1, 0.15) is 30.5 Å². The Kier molecular flexibility index (Phi) is 4.14. The molecule has 1 aromatic carbocycles. The van der Waals surface area contributed by atoms with E-state index in [1.807, 2.05) is 35.4 Å². The molecular weight excluding hydrogens is 330 g/mol. The summed E-state index contributed by atoms with van der Waals surface area (Å²) in [6.07, 6.45) is 5.77. The Morgan fingerprint density at radius 3 is 2.88 bits per heavy atom. The third-order valence-electron chi connectivity index (χ3n) is 5.46. The zero-order valence-corrected chi connectivity index (χ0v) is 14.9. The van der Waals surface area contributed by atoms with E-state index in [0.717, 1.165) is 54.9 Å². The molecule has 0 radical (unpaired) electrons. The molecule has 2 aromatic rings. The first kappa shape index (κ1) is 16.6. The molecule has 1 aromatic heterocycles. The molecule has 1 atom stereocenters. The van der Waals surface area contributed by atoms with Gasteiger partial charge in [-0.25, -0.2) is 14.8 Å². The lowest BCUT2D eigenvalue weighted by Gasteiger charge is -2.40. The molecule has 7 heteroatoms. The molecule has 2 amide bonds. The number of anilines is 2. The van der Waals surface area contributed by atoms with Crippen LogP contribution in [-0.4, -0.2) is 41.1 Å². The van der Waals surface area contributed by atoms with E-state index in [4.69, 9.17) is 10.5 Å². The van der Waals surface area contributed by atoms with Gasteiger partial charge in [0.1, 0.15) is 5.75 Å². The van der Waals surface area contributed by atoms with E-state index in [-0.39, 0.29) is 11.4 Å². The molecule has 3 N–H and O–H groups in total. The highest BCUT2D eigenvalue weighted by atomic mass is 16.5. The average molecular weight is 353 g/mol. The molecule has 2 aliphatic rings. The summed E-state index contributed by atoms with van der Waals surface area (Å²) in [4.78, 5) is 23.3. The number of nitrogens with two attached hydrogens (primary N) is 1. The number of ether oxygens (including phenoxy) is 1. The van der Waals surface area contributed by atoms with Crippen LogP contribution in [0.15, 0.2) is 30.5 Å². The van der Waals surface area contributed by atoms with E-state index >= 15 is 0 Å². The van der Waals surface area contributed by atoms with E-state index in [0.29, 0.717) is 12.5 Å². The molecule has 2 heterocycles. The Bertz CT molecular complexity index is 819. The Morgan fingerprint density at radius 2 is 2.12 bits per heavy atom. The molecule has 1 aliphatic carbocycles. The van der Waals surface area contributed by atoms with Crippen molar-refractivity contribution in [2.75, 3.05) is 31.2 Å². The summed E-state index contributed by atoms with van der Waals surface area (Å²) in [6.45, 7) is 1.41. The van der Waals surface area contributed by atoms with Crippen molar-refractivity contribution in [3.8, 4) is 5.75 Å². The Labute approximate surface area is 152 Å². The molecule has 1 saturated heterocycles. The van der Waals surface area contributed by atoms with E-state index in [1.165, 1.54) is 0 Å². The van der Waals surface area contributed by atoms with E-state index in [2.05, 4.69) is 15.3 Å². The smallest absolute Gasteiger partial charge is 0.321 e. The number of aryl methyl sites for hydroxylation is 1. The highest BCUT2D eigenvalue weighted by molar-refractivity contribution is 5.89. The fraction of sp³-hybridized carbons (Fsp3) is 0.421. The highest BCUT2D eigenvalue weighted by Crippen LogP contribution is 2.44. The van der Waals surface area contributed by atoms with Gasteiger partial charge < -0.3 is 20.7 Å². The van der Waals surface area contributed by atoms with Crippen molar-refractivity contribution in [3.63, 3.8) is 0 Å². The number of methoxy groups -OCH3 is 1. The first-order chi connectivity index (χ1) is 12.6. The van der Waals surface area contributed by atoms with Crippen molar-refractivity contribution in [1.29, 1.82) is 0 Å². The number of hydrogen-bond acceptors (Lipinski definition) is 5. The van der Waals surface area contributed by atoms with Crippen LogP contribution in [-0.2, 0) is 11.8 Å². The summed E-state index contributed by atoms with van der Waals surface area (Å²) in [5.41, 5.74) is 8.68. The average Bonchev–Trinajstić information content (AvgIpc) is 2.99. The molecule has 1 aliphatic heterocycles. The van der Waals surface area contributed by atoms with Crippen LogP contribution in [0.5, 0.6) is 5.75 Å². The second-order valence-electron chi connectivity index (χ2n) is 7.07. The third kappa shape index (κ3) is 2.94. The van der Waals surface area contributed by atoms with Gasteiger partial charge in [-0.1, -0.05) is 0 Å². The van der Waals surface area contributed by atoms with Crippen LogP contribution in [0.2, 0.25) is 0 Å². The summed E-state index contributed by atoms with van der Waals surface area (Å²) in [7, 11) is 1.62. The zero-order chi connectivity index (χ0) is 18.1. The number of aromatic nitrogens is 2. The van der Waals surface area contributed by atoms with Gasteiger partial charge in [0.05, 0.1) is 12.8 Å². The normalized spacial score (nSPS) is 21.5. The van der Waals surface area contributed by atoms with Crippen LogP contribution in [0, 0.1) is 0 Å². The van der Waals surface area contributed by atoms with Crippen LogP contribution < -0.4 is 15.8 Å². The molecule has 0 saturated carbocycles. The number of piperidine rings is 1. The van der Waals surface area contributed by atoms with Gasteiger partial charge in [-0.05, 0) is 55.5 Å². The number of nitrogens with one attached hydrogen (secondary N) is 1.